The summed E-state index contributed by atoms with van der Waals surface area (Å²) in [6, 6.07) is 1.78. The molecule has 0 spiro atoms. The Hall–Kier alpha value is -1.03. The zero-order chi connectivity index (χ0) is 7.84. The number of hydrogen-bond donors (Lipinski definition) is 1. The van der Waals surface area contributed by atoms with Crippen LogP contribution in [-0.4, -0.2) is 9.38 Å². The summed E-state index contributed by atoms with van der Waals surface area (Å²) < 4.78 is 2.68. The maximum Gasteiger partial charge on any atom is 0.272 e. The van der Waals surface area contributed by atoms with Gasteiger partial charge in [0, 0.05) is 23.1 Å². The van der Waals surface area contributed by atoms with E-state index in [1.54, 1.807) is 22.9 Å². The van der Waals surface area contributed by atoms with Crippen LogP contribution in [0.15, 0.2) is 33.9 Å². The molecule has 0 fully saturated rings. The van der Waals surface area contributed by atoms with Gasteiger partial charge in [-0.3, -0.25) is 4.79 Å². The van der Waals surface area contributed by atoms with Crippen LogP contribution >= 0.6 is 15.9 Å². The molecule has 2 aromatic heterocycles. The standard InChI is InChI=1S/C7H5BrN2O/c8-5-3-6-7(11)9-1-2-10(6)4-5/h1-4H,(H,9,11). The Morgan fingerprint density at radius 2 is 2.36 bits per heavy atom. The zero-order valence-electron chi connectivity index (χ0n) is 5.54. The number of hydrogen-bond acceptors (Lipinski definition) is 1. The van der Waals surface area contributed by atoms with Crippen molar-refractivity contribution in [3.8, 4) is 0 Å². The molecule has 2 heterocycles. The molecule has 3 nitrogen and oxygen atoms in total. The van der Waals surface area contributed by atoms with Gasteiger partial charge < -0.3 is 9.38 Å². The lowest BCUT2D eigenvalue weighted by Gasteiger charge is -1.88. The van der Waals surface area contributed by atoms with Crippen molar-refractivity contribution in [1.29, 1.82) is 0 Å². The van der Waals surface area contributed by atoms with Crippen LogP contribution in [-0.2, 0) is 0 Å². The predicted molar refractivity (Wildman–Crippen MR) is 45.7 cm³/mol. The largest absolute Gasteiger partial charge is 0.326 e. The zero-order valence-corrected chi connectivity index (χ0v) is 7.13. The maximum absolute atomic E-state index is 11.1. The van der Waals surface area contributed by atoms with Gasteiger partial charge in [-0.25, -0.2) is 0 Å². The van der Waals surface area contributed by atoms with Gasteiger partial charge in [-0.1, -0.05) is 0 Å². The Morgan fingerprint density at radius 1 is 1.55 bits per heavy atom. The molecule has 0 unspecified atom stereocenters. The second-order valence-corrected chi connectivity index (χ2v) is 3.16. The summed E-state index contributed by atoms with van der Waals surface area (Å²) >= 11 is 3.29. The van der Waals surface area contributed by atoms with E-state index in [2.05, 4.69) is 20.9 Å². The Morgan fingerprint density at radius 3 is 3.09 bits per heavy atom. The SMILES string of the molecule is O=c1[nH]ccn2cc(Br)cc12. The predicted octanol–water partition coefficient (Wildman–Crippen LogP) is 1.39. The molecule has 4 heteroatoms. The minimum absolute atomic E-state index is 0.0711. The lowest BCUT2D eigenvalue weighted by molar-refractivity contribution is 1.10. The average Bonchev–Trinajstić information content (AvgIpc) is 2.31. The van der Waals surface area contributed by atoms with Crippen LogP contribution in [0, 0.1) is 0 Å². The number of aromatic amines is 1. The van der Waals surface area contributed by atoms with Gasteiger partial charge in [0.05, 0.1) is 0 Å². The second-order valence-electron chi connectivity index (χ2n) is 2.24. The number of halogens is 1. The highest BCUT2D eigenvalue weighted by Gasteiger charge is 1.98. The second kappa shape index (κ2) is 2.23. The number of H-pyrrole nitrogens is 1. The van der Waals surface area contributed by atoms with Crippen molar-refractivity contribution in [3.63, 3.8) is 0 Å². The van der Waals surface area contributed by atoms with E-state index in [1.165, 1.54) is 0 Å². The van der Waals surface area contributed by atoms with E-state index in [4.69, 9.17) is 0 Å². The first-order valence-corrected chi connectivity index (χ1v) is 3.91. The lowest BCUT2D eigenvalue weighted by Crippen LogP contribution is -2.06. The van der Waals surface area contributed by atoms with Crippen molar-refractivity contribution >= 4 is 21.4 Å². The van der Waals surface area contributed by atoms with E-state index in [0.29, 0.717) is 5.52 Å². The summed E-state index contributed by atoms with van der Waals surface area (Å²) in [5.74, 6) is 0. The molecule has 1 N–H and O–H groups in total. The minimum Gasteiger partial charge on any atom is -0.326 e. The van der Waals surface area contributed by atoms with Gasteiger partial charge in [0.2, 0.25) is 0 Å². The molecule has 0 aliphatic carbocycles. The van der Waals surface area contributed by atoms with Gasteiger partial charge in [0.15, 0.2) is 0 Å². The highest BCUT2D eigenvalue weighted by molar-refractivity contribution is 9.10. The number of aromatic nitrogens is 2. The Kier molecular flexibility index (Phi) is 1.35. The Balaban J connectivity index is 3.02. The van der Waals surface area contributed by atoms with Gasteiger partial charge in [-0.2, -0.15) is 0 Å². The van der Waals surface area contributed by atoms with E-state index >= 15 is 0 Å². The van der Waals surface area contributed by atoms with Crippen molar-refractivity contribution < 1.29 is 0 Å². The first-order chi connectivity index (χ1) is 5.27. The summed E-state index contributed by atoms with van der Waals surface area (Å²) in [4.78, 5) is 13.7. The van der Waals surface area contributed by atoms with Crippen LogP contribution in [0.25, 0.3) is 5.52 Å². The first-order valence-electron chi connectivity index (χ1n) is 3.12. The third-order valence-electron chi connectivity index (χ3n) is 1.50. The molecule has 0 bridgehead atoms. The molecular weight excluding hydrogens is 208 g/mol. The fourth-order valence-corrected chi connectivity index (χ4v) is 1.46. The third kappa shape index (κ3) is 0.991. The number of fused-ring (bicyclic) bond motifs is 1. The smallest absolute Gasteiger partial charge is 0.272 e. The van der Waals surface area contributed by atoms with Crippen LogP contribution < -0.4 is 5.56 Å². The molecule has 0 radical (unpaired) electrons. The van der Waals surface area contributed by atoms with Gasteiger partial charge in [0.1, 0.15) is 5.52 Å². The average molecular weight is 213 g/mol. The summed E-state index contributed by atoms with van der Waals surface area (Å²) in [5, 5.41) is 0. The molecule has 2 aromatic rings. The van der Waals surface area contributed by atoms with Crippen molar-refractivity contribution in [2.75, 3.05) is 0 Å². The molecule has 2 rings (SSSR count). The molecule has 0 aliphatic rings. The van der Waals surface area contributed by atoms with Crippen molar-refractivity contribution in [2.24, 2.45) is 0 Å². The summed E-state index contributed by atoms with van der Waals surface area (Å²) in [6.07, 6.45) is 5.24. The van der Waals surface area contributed by atoms with E-state index in [1.807, 2.05) is 6.20 Å². The van der Waals surface area contributed by atoms with E-state index < -0.39 is 0 Å². The van der Waals surface area contributed by atoms with Crippen LogP contribution in [0.4, 0.5) is 0 Å². The normalized spacial score (nSPS) is 10.6. The molecule has 56 valence electrons. The molecule has 0 amide bonds. The van der Waals surface area contributed by atoms with Gasteiger partial charge >= 0.3 is 0 Å². The van der Waals surface area contributed by atoms with Crippen LogP contribution in [0.2, 0.25) is 0 Å². The van der Waals surface area contributed by atoms with Crippen LogP contribution in [0.1, 0.15) is 0 Å². The monoisotopic (exact) mass is 212 g/mol. The molecule has 11 heavy (non-hydrogen) atoms. The fourth-order valence-electron chi connectivity index (χ4n) is 1.02. The van der Waals surface area contributed by atoms with Crippen LogP contribution in [0.5, 0.6) is 0 Å². The molecule has 0 aromatic carbocycles. The molecule has 0 saturated heterocycles. The number of nitrogens with zero attached hydrogens (tertiary/aromatic N) is 1. The fraction of sp³-hybridized carbons (Fsp3) is 0. The van der Waals surface area contributed by atoms with E-state index in [0.717, 1.165) is 4.47 Å². The van der Waals surface area contributed by atoms with E-state index in [-0.39, 0.29) is 5.56 Å². The highest BCUT2D eigenvalue weighted by atomic mass is 79.9. The quantitative estimate of drug-likeness (QED) is 0.705. The molecule has 0 atom stereocenters. The summed E-state index contributed by atoms with van der Waals surface area (Å²) in [6.45, 7) is 0. The maximum atomic E-state index is 11.1. The van der Waals surface area contributed by atoms with Gasteiger partial charge in [-0.05, 0) is 22.0 Å². The summed E-state index contributed by atoms with van der Waals surface area (Å²) in [7, 11) is 0. The van der Waals surface area contributed by atoms with Crippen molar-refractivity contribution in [2.45, 2.75) is 0 Å². The van der Waals surface area contributed by atoms with Crippen LogP contribution in [0.3, 0.4) is 0 Å². The summed E-state index contributed by atoms with van der Waals surface area (Å²) in [5.41, 5.74) is 0.581. The minimum atomic E-state index is -0.0711. The lowest BCUT2D eigenvalue weighted by atomic mass is 10.5. The topological polar surface area (TPSA) is 37.3 Å². The highest BCUT2D eigenvalue weighted by Crippen LogP contribution is 2.11. The first kappa shape index (κ1) is 6.67. The molecular formula is C7H5BrN2O. The Labute approximate surface area is 70.8 Å². The van der Waals surface area contributed by atoms with Crippen molar-refractivity contribution in [1.82, 2.24) is 9.38 Å². The molecule has 0 aliphatic heterocycles. The van der Waals surface area contributed by atoms with Crippen molar-refractivity contribution in [3.05, 3.63) is 39.5 Å². The van der Waals surface area contributed by atoms with Gasteiger partial charge in [0.25, 0.3) is 5.56 Å². The third-order valence-corrected chi connectivity index (χ3v) is 1.93. The Bertz CT molecular complexity index is 443. The van der Waals surface area contributed by atoms with E-state index in [9.17, 15) is 4.79 Å². The number of rotatable bonds is 0. The van der Waals surface area contributed by atoms with Gasteiger partial charge in [-0.15, -0.1) is 0 Å². The molecule has 0 saturated carbocycles. The number of nitrogens with one attached hydrogen (secondary N) is 1.